The molecule has 19 heavy (non-hydrogen) atoms. The van der Waals surface area contributed by atoms with E-state index < -0.39 is 40.9 Å². The van der Waals surface area contributed by atoms with Crippen LogP contribution in [0.2, 0.25) is 0 Å². The number of halogens is 4. The Kier molecular flexibility index (Phi) is 2.66. The fourth-order valence-electron chi connectivity index (χ4n) is 3.47. The number of methoxy groups -OCH3 is 1. The molecule has 3 aliphatic carbocycles. The van der Waals surface area contributed by atoms with Crippen LogP contribution in [0.25, 0.3) is 0 Å². The molecular weight excluding hydrogens is 264 g/mol. The maximum Gasteiger partial charge on any atom is 0.197 e. The third-order valence-electron chi connectivity index (χ3n) is 4.41. The molecule has 2 nitrogen and oxygen atoms in total. The van der Waals surface area contributed by atoms with E-state index in [0.29, 0.717) is 6.42 Å². The summed E-state index contributed by atoms with van der Waals surface area (Å²) in [5.41, 5.74) is -2.03. The third kappa shape index (κ3) is 1.38. The molecule has 0 heterocycles. The minimum Gasteiger partial charge on any atom is -0.390 e. The van der Waals surface area contributed by atoms with Crippen molar-refractivity contribution in [2.45, 2.75) is 36.9 Å². The zero-order chi connectivity index (χ0) is 13.9. The molecule has 3 aliphatic rings. The summed E-state index contributed by atoms with van der Waals surface area (Å²) in [5.74, 6) is -6.99. The quantitative estimate of drug-likeness (QED) is 0.485. The Hall–Kier alpha value is -1.14. The van der Waals surface area contributed by atoms with Crippen LogP contribution >= 0.6 is 0 Å². The third-order valence-corrected chi connectivity index (χ3v) is 4.41. The minimum absolute atomic E-state index is 0.155. The molecule has 4 rings (SSSR count). The Morgan fingerprint density at radius 1 is 1.11 bits per heavy atom. The molecule has 1 saturated carbocycles. The van der Waals surface area contributed by atoms with Crippen molar-refractivity contribution < 1.29 is 27.4 Å². The molecule has 0 radical (unpaired) electrons. The average Bonchev–Trinajstić information content (AvgIpc) is 2.42. The van der Waals surface area contributed by atoms with Crippen LogP contribution in [0.5, 0.6) is 0 Å². The van der Waals surface area contributed by atoms with Gasteiger partial charge >= 0.3 is 0 Å². The van der Waals surface area contributed by atoms with Gasteiger partial charge in [0.1, 0.15) is 5.60 Å². The van der Waals surface area contributed by atoms with E-state index in [9.17, 15) is 22.7 Å². The standard InChI is InChI=1S/C13H12F4O2/c1-19-13-3-2-5(4-6(13)18)7-8(13)10(15)12(17)11(16)9(7)14/h5-6,18H,2-4H2,1H3/t5-,6-,13-/m0/s1. The first kappa shape index (κ1) is 12.9. The zero-order valence-corrected chi connectivity index (χ0v) is 10.1. The number of benzene rings is 1. The van der Waals surface area contributed by atoms with Gasteiger partial charge in [-0.15, -0.1) is 0 Å². The zero-order valence-electron chi connectivity index (χ0n) is 10.1. The van der Waals surface area contributed by atoms with Crippen LogP contribution in [-0.2, 0) is 10.3 Å². The Balaban J connectivity index is 2.39. The van der Waals surface area contributed by atoms with Gasteiger partial charge in [-0.3, -0.25) is 0 Å². The maximum absolute atomic E-state index is 14.0. The molecule has 3 atom stereocenters. The van der Waals surface area contributed by atoms with Gasteiger partial charge in [0.15, 0.2) is 23.3 Å². The Bertz CT molecular complexity index is 560. The van der Waals surface area contributed by atoms with Crippen molar-refractivity contribution in [2.24, 2.45) is 0 Å². The van der Waals surface area contributed by atoms with Crippen LogP contribution in [0.3, 0.4) is 0 Å². The van der Waals surface area contributed by atoms with Crippen LogP contribution in [0.4, 0.5) is 17.6 Å². The number of hydrogen-bond acceptors (Lipinski definition) is 2. The number of fused-ring (bicyclic) bond motifs is 2. The van der Waals surface area contributed by atoms with E-state index in [2.05, 4.69) is 0 Å². The molecule has 0 aliphatic heterocycles. The second kappa shape index (κ2) is 3.93. The average molecular weight is 276 g/mol. The summed E-state index contributed by atoms with van der Waals surface area (Å²) in [6, 6.07) is 0. The molecule has 0 aromatic heterocycles. The summed E-state index contributed by atoms with van der Waals surface area (Å²) in [5, 5.41) is 10.0. The van der Waals surface area contributed by atoms with Gasteiger partial charge in [0.2, 0.25) is 0 Å². The second-order valence-corrected chi connectivity index (χ2v) is 5.13. The lowest BCUT2D eigenvalue weighted by Gasteiger charge is -2.50. The summed E-state index contributed by atoms with van der Waals surface area (Å²) in [7, 11) is 1.25. The van der Waals surface area contributed by atoms with Gasteiger partial charge in [-0.05, 0) is 25.2 Å². The summed E-state index contributed by atoms with van der Waals surface area (Å²) >= 11 is 0. The maximum atomic E-state index is 14.0. The number of rotatable bonds is 1. The fraction of sp³-hybridized carbons (Fsp3) is 0.538. The van der Waals surface area contributed by atoms with Gasteiger partial charge in [-0.1, -0.05) is 0 Å². The van der Waals surface area contributed by atoms with Crippen molar-refractivity contribution in [1.29, 1.82) is 0 Å². The Morgan fingerprint density at radius 3 is 2.32 bits per heavy atom. The van der Waals surface area contributed by atoms with Crippen molar-refractivity contribution in [3.8, 4) is 0 Å². The van der Waals surface area contributed by atoms with E-state index in [1.165, 1.54) is 7.11 Å². The molecule has 1 aromatic rings. The number of aliphatic hydroxyl groups is 1. The largest absolute Gasteiger partial charge is 0.390 e. The SMILES string of the molecule is CO[C@@]12CC[C@@H](C[C@@H]1O)c1c(F)c(F)c(F)c(F)c12. The van der Waals surface area contributed by atoms with E-state index >= 15 is 0 Å². The number of ether oxygens (including phenoxy) is 1. The van der Waals surface area contributed by atoms with Crippen LogP contribution in [0.15, 0.2) is 0 Å². The van der Waals surface area contributed by atoms with E-state index in [1.54, 1.807) is 0 Å². The van der Waals surface area contributed by atoms with Gasteiger partial charge in [0.25, 0.3) is 0 Å². The lowest BCUT2D eigenvalue weighted by molar-refractivity contribution is -0.147. The molecule has 0 saturated heterocycles. The highest BCUT2D eigenvalue weighted by Crippen LogP contribution is 2.55. The minimum atomic E-state index is -1.85. The molecular formula is C13H12F4O2. The summed E-state index contributed by atoms with van der Waals surface area (Å²) in [6.07, 6.45) is -0.201. The highest BCUT2D eigenvalue weighted by molar-refractivity contribution is 5.45. The number of aliphatic hydroxyl groups excluding tert-OH is 1. The molecule has 0 spiro atoms. The van der Waals surface area contributed by atoms with E-state index in [-0.39, 0.29) is 24.0 Å². The highest BCUT2D eigenvalue weighted by atomic mass is 19.2. The van der Waals surface area contributed by atoms with Gasteiger partial charge < -0.3 is 9.84 Å². The van der Waals surface area contributed by atoms with Crippen LogP contribution in [0.1, 0.15) is 36.3 Å². The van der Waals surface area contributed by atoms with E-state index in [1.807, 2.05) is 0 Å². The lowest BCUT2D eigenvalue weighted by Crippen LogP contribution is -2.51. The molecule has 1 fully saturated rings. The van der Waals surface area contributed by atoms with Crippen molar-refractivity contribution in [1.82, 2.24) is 0 Å². The molecule has 104 valence electrons. The normalized spacial score (nSPS) is 32.5. The Labute approximate surface area is 107 Å². The first-order chi connectivity index (χ1) is 8.94. The predicted molar refractivity (Wildman–Crippen MR) is 57.6 cm³/mol. The van der Waals surface area contributed by atoms with Crippen LogP contribution in [-0.4, -0.2) is 18.3 Å². The smallest absolute Gasteiger partial charge is 0.197 e. The van der Waals surface area contributed by atoms with Crippen molar-refractivity contribution in [2.75, 3.05) is 7.11 Å². The molecule has 0 unspecified atom stereocenters. The molecule has 0 amide bonds. The first-order valence-corrected chi connectivity index (χ1v) is 6.03. The van der Waals surface area contributed by atoms with Crippen molar-refractivity contribution >= 4 is 0 Å². The predicted octanol–water partition coefficient (Wildman–Crippen LogP) is 2.73. The Morgan fingerprint density at radius 2 is 1.74 bits per heavy atom. The highest BCUT2D eigenvalue weighted by Gasteiger charge is 2.55. The number of hydrogen-bond donors (Lipinski definition) is 1. The van der Waals surface area contributed by atoms with Crippen LogP contribution in [0, 0.1) is 23.3 Å². The van der Waals surface area contributed by atoms with E-state index in [0.717, 1.165) is 0 Å². The van der Waals surface area contributed by atoms with Crippen molar-refractivity contribution in [3.05, 3.63) is 34.4 Å². The van der Waals surface area contributed by atoms with E-state index in [4.69, 9.17) is 4.74 Å². The van der Waals surface area contributed by atoms with Gasteiger partial charge in [-0.2, -0.15) is 0 Å². The fourth-order valence-corrected chi connectivity index (χ4v) is 3.47. The topological polar surface area (TPSA) is 29.5 Å². The lowest BCUT2D eigenvalue weighted by atomic mass is 9.62. The molecule has 6 heteroatoms. The van der Waals surface area contributed by atoms with Gasteiger partial charge in [-0.25, -0.2) is 17.6 Å². The van der Waals surface area contributed by atoms with Crippen molar-refractivity contribution in [3.63, 3.8) is 0 Å². The molecule has 1 N–H and O–H groups in total. The van der Waals surface area contributed by atoms with Gasteiger partial charge in [0, 0.05) is 18.2 Å². The molecule has 2 bridgehead atoms. The summed E-state index contributed by atoms with van der Waals surface area (Å²) in [6.45, 7) is 0. The monoisotopic (exact) mass is 276 g/mol. The van der Waals surface area contributed by atoms with Crippen LogP contribution < -0.4 is 0 Å². The summed E-state index contributed by atoms with van der Waals surface area (Å²) < 4.78 is 59.8. The summed E-state index contributed by atoms with van der Waals surface area (Å²) in [4.78, 5) is 0. The molecule has 1 aromatic carbocycles. The first-order valence-electron chi connectivity index (χ1n) is 6.03. The van der Waals surface area contributed by atoms with Gasteiger partial charge in [0.05, 0.1) is 6.10 Å². The second-order valence-electron chi connectivity index (χ2n) is 5.13.